The second-order valence-electron chi connectivity index (χ2n) is 5.85. The summed E-state index contributed by atoms with van der Waals surface area (Å²) in [5, 5.41) is 9.27. The van der Waals surface area contributed by atoms with Crippen LogP contribution in [0.15, 0.2) is 47.4 Å². The monoisotopic (exact) mass is 359 g/mol. The van der Waals surface area contributed by atoms with E-state index in [0.29, 0.717) is 13.0 Å². The molecule has 0 aromatic heterocycles. The van der Waals surface area contributed by atoms with Crippen LogP contribution in [-0.4, -0.2) is 35.5 Å². The molecule has 1 amide bonds. The molecule has 1 aliphatic rings. The molecule has 0 saturated carbocycles. The smallest absolute Gasteiger partial charge is 0.231 e. The maximum absolute atomic E-state index is 12.3. The molecule has 2 aromatic carbocycles. The van der Waals surface area contributed by atoms with E-state index in [9.17, 15) is 9.90 Å². The number of phenolic OH excluding ortho intramolecular Hbond substituents is 1. The highest BCUT2D eigenvalue weighted by atomic mass is 32.2. The molecule has 0 radical (unpaired) electrons. The predicted octanol–water partition coefficient (Wildman–Crippen LogP) is 3.65. The van der Waals surface area contributed by atoms with Crippen molar-refractivity contribution in [1.29, 1.82) is 0 Å². The molecule has 0 bridgehead atoms. The Balaban J connectivity index is 1.44. The van der Waals surface area contributed by atoms with Gasteiger partial charge in [-0.3, -0.25) is 4.79 Å². The number of nitrogens with zero attached hydrogens (tertiary/aromatic N) is 1. The van der Waals surface area contributed by atoms with Gasteiger partial charge in [-0.25, -0.2) is 0 Å². The number of thioether (sulfide) groups is 1. The molecule has 2 aromatic rings. The van der Waals surface area contributed by atoms with Crippen molar-refractivity contribution in [2.24, 2.45) is 0 Å². The summed E-state index contributed by atoms with van der Waals surface area (Å²) in [5.41, 5.74) is 0.962. The summed E-state index contributed by atoms with van der Waals surface area (Å²) >= 11 is 1.68. The van der Waals surface area contributed by atoms with Crippen LogP contribution in [0.1, 0.15) is 18.4 Å². The number of carbonyl (C=O) groups excluding carboxylic acids is 1. The van der Waals surface area contributed by atoms with Crippen molar-refractivity contribution >= 4 is 17.7 Å². The van der Waals surface area contributed by atoms with Crippen LogP contribution in [0, 0.1) is 0 Å². The van der Waals surface area contributed by atoms with Crippen molar-refractivity contribution in [2.45, 2.75) is 24.3 Å². The molecule has 0 aliphatic carbocycles. The molecule has 0 unspecified atom stereocenters. The minimum Gasteiger partial charge on any atom is -0.508 e. The number of benzene rings is 2. The van der Waals surface area contributed by atoms with Gasteiger partial charge in [-0.05, 0) is 42.5 Å². The van der Waals surface area contributed by atoms with E-state index in [1.165, 1.54) is 0 Å². The van der Waals surface area contributed by atoms with Gasteiger partial charge in [0.25, 0.3) is 0 Å². The Kier molecular flexibility index (Phi) is 5.71. The predicted molar refractivity (Wildman–Crippen MR) is 97.1 cm³/mol. The zero-order chi connectivity index (χ0) is 17.6. The summed E-state index contributed by atoms with van der Waals surface area (Å²) in [6, 6.07) is 12.8. The number of amides is 1. The number of phenols is 1. The van der Waals surface area contributed by atoms with E-state index in [4.69, 9.17) is 9.47 Å². The van der Waals surface area contributed by atoms with Crippen LogP contribution in [0.4, 0.5) is 0 Å². The Morgan fingerprint density at radius 3 is 2.80 bits per heavy atom. The number of fused-ring (bicyclic) bond motifs is 1. The third-order valence-corrected chi connectivity index (χ3v) is 5.05. The lowest BCUT2D eigenvalue weighted by Gasteiger charge is -2.18. The lowest BCUT2D eigenvalue weighted by molar-refractivity contribution is -0.130. The summed E-state index contributed by atoms with van der Waals surface area (Å²) < 4.78 is 10.9. The van der Waals surface area contributed by atoms with Gasteiger partial charge in [-0.15, -0.1) is 11.8 Å². The molecule has 0 fully saturated rings. The second-order valence-corrected chi connectivity index (χ2v) is 7.01. The molecule has 1 N–H and O–H groups in total. The highest BCUT2D eigenvalue weighted by Crippen LogP contribution is 2.35. The number of para-hydroxylation sites is 1. The Bertz CT molecular complexity index is 733. The molecule has 3 rings (SSSR count). The van der Waals surface area contributed by atoms with Gasteiger partial charge in [-0.1, -0.05) is 12.1 Å². The number of rotatable bonds is 7. The molecular weight excluding hydrogens is 338 g/mol. The van der Waals surface area contributed by atoms with E-state index in [1.807, 2.05) is 37.4 Å². The minimum atomic E-state index is 0.114. The molecule has 0 saturated heterocycles. The average Bonchev–Trinajstić information content (AvgIpc) is 3.10. The van der Waals surface area contributed by atoms with Gasteiger partial charge in [0.15, 0.2) is 11.5 Å². The van der Waals surface area contributed by atoms with Crippen LogP contribution in [0.2, 0.25) is 0 Å². The van der Waals surface area contributed by atoms with E-state index in [2.05, 4.69) is 0 Å². The van der Waals surface area contributed by atoms with Crippen molar-refractivity contribution in [3.8, 4) is 17.2 Å². The lowest BCUT2D eigenvalue weighted by atomic mass is 10.1. The fourth-order valence-electron chi connectivity index (χ4n) is 2.61. The molecule has 1 aliphatic heterocycles. The summed E-state index contributed by atoms with van der Waals surface area (Å²) in [6.07, 6.45) is 1.31. The first-order chi connectivity index (χ1) is 12.1. The maximum atomic E-state index is 12.3. The lowest BCUT2D eigenvalue weighted by Crippen LogP contribution is -2.26. The first-order valence-corrected chi connectivity index (χ1v) is 9.15. The molecule has 6 heteroatoms. The fourth-order valence-corrected chi connectivity index (χ4v) is 3.46. The highest BCUT2D eigenvalue weighted by molar-refractivity contribution is 7.99. The zero-order valence-corrected chi connectivity index (χ0v) is 14.9. The second kappa shape index (κ2) is 8.16. The van der Waals surface area contributed by atoms with Crippen molar-refractivity contribution < 1.29 is 19.4 Å². The van der Waals surface area contributed by atoms with Gasteiger partial charge in [0, 0.05) is 30.5 Å². The summed E-state index contributed by atoms with van der Waals surface area (Å²) in [5.74, 6) is 2.72. The van der Waals surface area contributed by atoms with Gasteiger partial charge in [-0.2, -0.15) is 0 Å². The molecule has 0 spiro atoms. The fraction of sp³-hybridized carbons (Fsp3) is 0.316. The average molecular weight is 359 g/mol. The van der Waals surface area contributed by atoms with Gasteiger partial charge < -0.3 is 19.5 Å². The minimum absolute atomic E-state index is 0.114. The van der Waals surface area contributed by atoms with E-state index >= 15 is 0 Å². The number of hydrogen-bond acceptors (Lipinski definition) is 5. The SMILES string of the molecule is CN(Cc1cccc2c1OCO2)C(=O)CCCSc1ccc(O)cc1. The highest BCUT2D eigenvalue weighted by Gasteiger charge is 2.19. The van der Waals surface area contributed by atoms with Crippen molar-refractivity contribution in [3.05, 3.63) is 48.0 Å². The van der Waals surface area contributed by atoms with Crippen molar-refractivity contribution in [1.82, 2.24) is 4.90 Å². The first kappa shape index (κ1) is 17.5. The first-order valence-electron chi connectivity index (χ1n) is 8.17. The van der Waals surface area contributed by atoms with Crippen LogP contribution in [0.3, 0.4) is 0 Å². The molecule has 132 valence electrons. The van der Waals surface area contributed by atoms with E-state index in [-0.39, 0.29) is 18.4 Å². The third kappa shape index (κ3) is 4.60. The quantitative estimate of drug-likeness (QED) is 0.604. The van der Waals surface area contributed by atoms with Gasteiger partial charge in [0.1, 0.15) is 5.75 Å². The topological polar surface area (TPSA) is 59.0 Å². The van der Waals surface area contributed by atoms with Crippen LogP contribution < -0.4 is 9.47 Å². The van der Waals surface area contributed by atoms with Crippen LogP contribution in [0.25, 0.3) is 0 Å². The zero-order valence-electron chi connectivity index (χ0n) is 14.1. The molecule has 5 nitrogen and oxygen atoms in total. The number of carbonyl (C=O) groups is 1. The molecule has 0 atom stereocenters. The van der Waals surface area contributed by atoms with Crippen LogP contribution in [0.5, 0.6) is 17.2 Å². The Morgan fingerprint density at radius 2 is 2.00 bits per heavy atom. The van der Waals surface area contributed by atoms with Crippen molar-refractivity contribution in [3.63, 3.8) is 0 Å². The summed E-state index contributed by atoms with van der Waals surface area (Å²) in [4.78, 5) is 15.1. The Labute approximate surface area is 151 Å². The van der Waals surface area contributed by atoms with E-state index < -0.39 is 0 Å². The van der Waals surface area contributed by atoms with Gasteiger partial charge in [0.05, 0.1) is 0 Å². The van der Waals surface area contributed by atoms with Crippen LogP contribution in [-0.2, 0) is 11.3 Å². The number of ether oxygens (including phenoxy) is 2. The Morgan fingerprint density at radius 1 is 1.20 bits per heavy atom. The molecule has 25 heavy (non-hydrogen) atoms. The van der Waals surface area contributed by atoms with Gasteiger partial charge >= 0.3 is 0 Å². The van der Waals surface area contributed by atoms with Crippen LogP contribution >= 0.6 is 11.8 Å². The van der Waals surface area contributed by atoms with E-state index in [1.54, 1.807) is 28.8 Å². The summed E-state index contributed by atoms with van der Waals surface area (Å²) in [6.45, 7) is 0.745. The van der Waals surface area contributed by atoms with Crippen molar-refractivity contribution in [2.75, 3.05) is 19.6 Å². The molecular formula is C19H21NO4S. The third-order valence-electron chi connectivity index (χ3n) is 3.95. The normalized spacial score (nSPS) is 12.2. The number of aromatic hydroxyl groups is 1. The van der Waals surface area contributed by atoms with E-state index in [0.717, 1.165) is 34.1 Å². The number of hydrogen-bond donors (Lipinski definition) is 1. The molecule has 1 heterocycles. The summed E-state index contributed by atoms with van der Waals surface area (Å²) in [7, 11) is 1.81. The van der Waals surface area contributed by atoms with Gasteiger partial charge in [0.2, 0.25) is 12.7 Å². The largest absolute Gasteiger partial charge is 0.508 e. The standard InChI is InChI=1S/C19H21NO4S/c1-20(12-14-4-2-5-17-19(14)24-13-23-17)18(22)6-3-11-25-16-9-7-15(21)8-10-16/h2,4-5,7-10,21H,3,6,11-13H2,1H3. The maximum Gasteiger partial charge on any atom is 0.231 e. The Hall–Kier alpha value is -2.34.